The average Bonchev–Trinajstić information content (AvgIpc) is 2.75. The number of benzene rings is 1. The van der Waals surface area contributed by atoms with Crippen molar-refractivity contribution < 1.29 is 4.79 Å². The van der Waals surface area contributed by atoms with E-state index in [1.807, 2.05) is 19.1 Å². The smallest absolute Gasteiger partial charge is 0.223 e. The molecule has 1 amide bonds. The summed E-state index contributed by atoms with van der Waals surface area (Å²) in [5, 5.41) is 3.10. The van der Waals surface area contributed by atoms with E-state index in [0.29, 0.717) is 0 Å². The van der Waals surface area contributed by atoms with Gasteiger partial charge in [-0.25, -0.2) is 0 Å². The summed E-state index contributed by atoms with van der Waals surface area (Å²) in [6, 6.07) is 8.55. The van der Waals surface area contributed by atoms with E-state index in [1.165, 1.54) is 5.56 Å². The molecule has 104 valence electrons. The molecule has 1 aromatic rings. The van der Waals surface area contributed by atoms with Gasteiger partial charge < -0.3 is 11.1 Å². The topological polar surface area (TPSA) is 55.1 Å². The zero-order chi connectivity index (χ0) is 13.8. The second-order valence-corrected chi connectivity index (χ2v) is 6.43. The Labute approximate surface area is 123 Å². The summed E-state index contributed by atoms with van der Waals surface area (Å²) in [7, 11) is 0. The van der Waals surface area contributed by atoms with Gasteiger partial charge in [0.2, 0.25) is 5.91 Å². The summed E-state index contributed by atoms with van der Waals surface area (Å²) in [6.07, 6.45) is 3.58. The molecule has 3 atom stereocenters. The van der Waals surface area contributed by atoms with Gasteiger partial charge in [0.1, 0.15) is 0 Å². The van der Waals surface area contributed by atoms with Crippen molar-refractivity contribution >= 4 is 21.8 Å². The van der Waals surface area contributed by atoms with Crippen molar-refractivity contribution in [1.29, 1.82) is 0 Å². The molecular formula is C15H21BrN2O. The van der Waals surface area contributed by atoms with Crippen LogP contribution in [0.25, 0.3) is 0 Å². The number of hydrogen-bond donors (Lipinski definition) is 2. The van der Waals surface area contributed by atoms with Crippen LogP contribution >= 0.6 is 15.9 Å². The SMILES string of the molecule is CC(Cc1cccc(Br)c1)NC(=O)C1CCC(N)C1. The van der Waals surface area contributed by atoms with E-state index in [2.05, 4.69) is 33.4 Å². The quantitative estimate of drug-likeness (QED) is 0.894. The van der Waals surface area contributed by atoms with Crippen molar-refractivity contribution in [2.24, 2.45) is 11.7 Å². The lowest BCUT2D eigenvalue weighted by atomic mass is 10.0. The van der Waals surface area contributed by atoms with Crippen LogP contribution in [-0.2, 0) is 11.2 Å². The molecule has 1 saturated carbocycles. The van der Waals surface area contributed by atoms with Gasteiger partial charge >= 0.3 is 0 Å². The van der Waals surface area contributed by atoms with Crippen LogP contribution in [0.5, 0.6) is 0 Å². The molecule has 3 unspecified atom stereocenters. The van der Waals surface area contributed by atoms with Crippen LogP contribution in [0.1, 0.15) is 31.7 Å². The minimum atomic E-state index is 0.111. The number of carbonyl (C=O) groups is 1. The van der Waals surface area contributed by atoms with Crippen molar-refractivity contribution in [3.63, 3.8) is 0 Å². The molecule has 4 heteroatoms. The highest BCUT2D eigenvalue weighted by atomic mass is 79.9. The molecule has 0 radical (unpaired) electrons. The molecule has 1 aromatic carbocycles. The van der Waals surface area contributed by atoms with Crippen LogP contribution in [0.3, 0.4) is 0 Å². The number of carbonyl (C=O) groups excluding carboxylic acids is 1. The van der Waals surface area contributed by atoms with Gasteiger partial charge in [-0.1, -0.05) is 28.1 Å². The van der Waals surface area contributed by atoms with Crippen LogP contribution in [0.4, 0.5) is 0 Å². The molecule has 0 spiro atoms. The predicted octanol–water partition coefficient (Wildman–Crippen LogP) is 2.62. The lowest BCUT2D eigenvalue weighted by Gasteiger charge is -2.17. The van der Waals surface area contributed by atoms with Crippen LogP contribution in [0.2, 0.25) is 0 Å². The molecule has 3 nitrogen and oxygen atoms in total. The highest BCUT2D eigenvalue weighted by molar-refractivity contribution is 9.10. The second kappa shape index (κ2) is 6.53. The largest absolute Gasteiger partial charge is 0.353 e. The highest BCUT2D eigenvalue weighted by Crippen LogP contribution is 2.24. The highest BCUT2D eigenvalue weighted by Gasteiger charge is 2.28. The van der Waals surface area contributed by atoms with Crippen molar-refractivity contribution in [3.8, 4) is 0 Å². The van der Waals surface area contributed by atoms with Gasteiger partial charge in [-0.15, -0.1) is 0 Å². The molecule has 0 saturated heterocycles. The monoisotopic (exact) mass is 324 g/mol. The third kappa shape index (κ3) is 4.32. The maximum Gasteiger partial charge on any atom is 0.223 e. The fourth-order valence-electron chi connectivity index (χ4n) is 2.68. The van der Waals surface area contributed by atoms with Gasteiger partial charge in [0.25, 0.3) is 0 Å². The number of rotatable bonds is 4. The van der Waals surface area contributed by atoms with Crippen LogP contribution in [-0.4, -0.2) is 18.0 Å². The summed E-state index contributed by atoms with van der Waals surface area (Å²) in [5.41, 5.74) is 7.08. The number of halogens is 1. The Morgan fingerprint density at radius 3 is 2.95 bits per heavy atom. The first kappa shape index (κ1) is 14.5. The number of hydrogen-bond acceptors (Lipinski definition) is 2. The van der Waals surface area contributed by atoms with E-state index in [0.717, 1.165) is 30.2 Å². The molecule has 2 rings (SSSR count). The molecule has 0 aliphatic heterocycles. The molecule has 19 heavy (non-hydrogen) atoms. The van der Waals surface area contributed by atoms with Crippen molar-refractivity contribution in [1.82, 2.24) is 5.32 Å². The van der Waals surface area contributed by atoms with E-state index in [4.69, 9.17) is 5.73 Å². The molecule has 1 fully saturated rings. The summed E-state index contributed by atoms with van der Waals surface area (Å²) >= 11 is 3.46. The average molecular weight is 325 g/mol. The molecule has 1 aliphatic rings. The van der Waals surface area contributed by atoms with Gasteiger partial charge in [-0.05, 0) is 50.3 Å². The van der Waals surface area contributed by atoms with E-state index in [-0.39, 0.29) is 23.9 Å². The minimum Gasteiger partial charge on any atom is -0.353 e. The molecule has 0 bridgehead atoms. The Kier molecular flexibility index (Phi) is 4.99. The van der Waals surface area contributed by atoms with Crippen LogP contribution in [0, 0.1) is 5.92 Å². The minimum absolute atomic E-state index is 0.111. The number of nitrogens with two attached hydrogens (primary N) is 1. The summed E-state index contributed by atoms with van der Waals surface area (Å²) in [6.45, 7) is 2.05. The van der Waals surface area contributed by atoms with Gasteiger partial charge in [0.05, 0.1) is 0 Å². The first-order valence-electron chi connectivity index (χ1n) is 6.85. The Morgan fingerprint density at radius 2 is 2.32 bits per heavy atom. The Balaban J connectivity index is 1.84. The Bertz CT molecular complexity index is 450. The first-order valence-corrected chi connectivity index (χ1v) is 7.64. The standard InChI is InChI=1S/C15H21BrN2O/c1-10(7-11-3-2-4-13(16)8-11)18-15(19)12-5-6-14(17)9-12/h2-4,8,10,12,14H,5-7,9,17H2,1H3,(H,18,19). The van der Waals surface area contributed by atoms with E-state index in [1.54, 1.807) is 0 Å². The zero-order valence-electron chi connectivity index (χ0n) is 11.2. The third-order valence-electron chi connectivity index (χ3n) is 3.66. The van der Waals surface area contributed by atoms with E-state index < -0.39 is 0 Å². The van der Waals surface area contributed by atoms with Gasteiger partial charge in [0, 0.05) is 22.5 Å². The van der Waals surface area contributed by atoms with Gasteiger partial charge in [0.15, 0.2) is 0 Å². The summed E-state index contributed by atoms with van der Waals surface area (Å²) in [4.78, 5) is 12.1. The number of nitrogens with one attached hydrogen (secondary N) is 1. The lowest BCUT2D eigenvalue weighted by molar-refractivity contribution is -0.125. The third-order valence-corrected chi connectivity index (χ3v) is 4.16. The van der Waals surface area contributed by atoms with Crippen LogP contribution in [0.15, 0.2) is 28.7 Å². The normalized spacial score (nSPS) is 24.2. The Hall–Kier alpha value is -0.870. The maximum absolute atomic E-state index is 12.1. The molecular weight excluding hydrogens is 304 g/mol. The van der Waals surface area contributed by atoms with Crippen molar-refractivity contribution in [3.05, 3.63) is 34.3 Å². The van der Waals surface area contributed by atoms with Crippen LogP contribution < -0.4 is 11.1 Å². The van der Waals surface area contributed by atoms with E-state index >= 15 is 0 Å². The zero-order valence-corrected chi connectivity index (χ0v) is 12.8. The van der Waals surface area contributed by atoms with E-state index in [9.17, 15) is 4.79 Å². The molecule has 0 heterocycles. The van der Waals surface area contributed by atoms with Gasteiger partial charge in [-0.2, -0.15) is 0 Å². The number of amides is 1. The lowest BCUT2D eigenvalue weighted by Crippen LogP contribution is -2.38. The molecule has 0 aromatic heterocycles. The molecule has 1 aliphatic carbocycles. The van der Waals surface area contributed by atoms with Gasteiger partial charge in [-0.3, -0.25) is 4.79 Å². The van der Waals surface area contributed by atoms with Crippen molar-refractivity contribution in [2.75, 3.05) is 0 Å². The summed E-state index contributed by atoms with van der Waals surface area (Å²) < 4.78 is 1.07. The maximum atomic E-state index is 12.1. The Morgan fingerprint density at radius 1 is 1.53 bits per heavy atom. The first-order chi connectivity index (χ1) is 9.04. The predicted molar refractivity (Wildman–Crippen MR) is 80.8 cm³/mol. The second-order valence-electron chi connectivity index (χ2n) is 5.51. The molecule has 3 N–H and O–H groups in total. The fourth-order valence-corrected chi connectivity index (χ4v) is 3.13. The summed E-state index contributed by atoms with van der Waals surface area (Å²) in [5.74, 6) is 0.274. The van der Waals surface area contributed by atoms with Crippen molar-refractivity contribution in [2.45, 2.75) is 44.7 Å². The fraction of sp³-hybridized carbons (Fsp3) is 0.533.